The molecule has 0 saturated carbocycles. The lowest BCUT2D eigenvalue weighted by atomic mass is 9.76. The number of para-hydroxylation sites is 1. The van der Waals surface area contributed by atoms with Gasteiger partial charge in [-0.25, -0.2) is 0 Å². The van der Waals surface area contributed by atoms with E-state index in [1.807, 2.05) is 19.1 Å². The lowest BCUT2D eigenvalue weighted by Crippen LogP contribution is -2.54. The predicted octanol–water partition coefficient (Wildman–Crippen LogP) is 1.46. The van der Waals surface area contributed by atoms with Crippen LogP contribution < -0.4 is 5.32 Å². The van der Waals surface area contributed by atoms with Crippen molar-refractivity contribution in [1.29, 1.82) is 0 Å². The summed E-state index contributed by atoms with van der Waals surface area (Å²) < 4.78 is 0. The molecule has 0 aromatic heterocycles. The number of nitrogens with zero attached hydrogens (tertiary/aromatic N) is 1. The topological polar surface area (TPSA) is 55.2 Å². The van der Waals surface area contributed by atoms with E-state index in [4.69, 9.17) is 0 Å². The molecule has 0 amide bonds. The van der Waals surface area contributed by atoms with E-state index < -0.39 is 0 Å². The molecule has 1 aromatic rings. The normalized spacial score (nSPS) is 18.6. The van der Waals surface area contributed by atoms with Crippen molar-refractivity contribution >= 4 is 5.69 Å². The Balaban J connectivity index is 2.46. The molecule has 0 atom stereocenters. The van der Waals surface area contributed by atoms with Crippen molar-refractivity contribution in [2.75, 3.05) is 13.1 Å². The van der Waals surface area contributed by atoms with Crippen molar-refractivity contribution in [2.45, 2.75) is 12.3 Å². The molecule has 0 radical (unpaired) electrons. The summed E-state index contributed by atoms with van der Waals surface area (Å²) in [6.45, 7) is 3.68. The van der Waals surface area contributed by atoms with Gasteiger partial charge in [0.25, 0.3) is 5.69 Å². The Hall–Kier alpha value is -1.42. The molecule has 0 bridgehead atoms. The molecule has 1 aliphatic rings. The van der Waals surface area contributed by atoms with E-state index in [0.29, 0.717) is 0 Å². The Morgan fingerprint density at radius 3 is 2.57 bits per heavy atom. The second-order valence-corrected chi connectivity index (χ2v) is 3.94. The minimum absolute atomic E-state index is 0.0658. The van der Waals surface area contributed by atoms with Gasteiger partial charge in [-0.2, -0.15) is 0 Å². The number of rotatable bonds is 2. The van der Waals surface area contributed by atoms with E-state index in [1.54, 1.807) is 12.1 Å². The highest BCUT2D eigenvalue weighted by Crippen LogP contribution is 2.34. The zero-order valence-corrected chi connectivity index (χ0v) is 7.99. The van der Waals surface area contributed by atoms with Crippen LogP contribution in [-0.2, 0) is 5.41 Å². The monoisotopic (exact) mass is 192 g/mol. The van der Waals surface area contributed by atoms with Gasteiger partial charge in [0.1, 0.15) is 0 Å². The third kappa shape index (κ3) is 1.28. The Bertz CT molecular complexity index is 372. The first-order valence-electron chi connectivity index (χ1n) is 4.58. The fourth-order valence-corrected chi connectivity index (χ4v) is 1.83. The molecular formula is C10H12N2O2. The van der Waals surface area contributed by atoms with Gasteiger partial charge in [-0.1, -0.05) is 25.1 Å². The highest BCUT2D eigenvalue weighted by atomic mass is 16.6. The van der Waals surface area contributed by atoms with Crippen molar-refractivity contribution in [3.63, 3.8) is 0 Å². The number of hydrogen-bond acceptors (Lipinski definition) is 3. The van der Waals surface area contributed by atoms with Gasteiger partial charge < -0.3 is 5.32 Å². The van der Waals surface area contributed by atoms with Crippen LogP contribution in [0.4, 0.5) is 5.69 Å². The number of nitro groups is 1. The first-order chi connectivity index (χ1) is 6.63. The highest BCUT2D eigenvalue weighted by Gasteiger charge is 2.38. The summed E-state index contributed by atoms with van der Waals surface area (Å²) in [6.07, 6.45) is 0. The van der Waals surface area contributed by atoms with E-state index in [0.717, 1.165) is 18.7 Å². The molecule has 74 valence electrons. The van der Waals surface area contributed by atoms with Gasteiger partial charge in [0, 0.05) is 30.1 Å². The molecular weight excluding hydrogens is 180 g/mol. The summed E-state index contributed by atoms with van der Waals surface area (Å²) in [7, 11) is 0. The minimum Gasteiger partial charge on any atom is -0.315 e. The van der Waals surface area contributed by atoms with Crippen molar-refractivity contribution < 1.29 is 4.92 Å². The van der Waals surface area contributed by atoms with Crippen LogP contribution in [0.2, 0.25) is 0 Å². The van der Waals surface area contributed by atoms with Crippen molar-refractivity contribution in [1.82, 2.24) is 5.32 Å². The maximum Gasteiger partial charge on any atom is 0.273 e. The molecule has 0 spiro atoms. The van der Waals surface area contributed by atoms with Crippen LogP contribution in [0, 0.1) is 10.1 Å². The molecule has 4 heteroatoms. The largest absolute Gasteiger partial charge is 0.315 e. The molecule has 1 heterocycles. The SMILES string of the molecule is CC1(c2ccccc2[N+](=O)[O-])CNC1. The van der Waals surface area contributed by atoms with Crippen LogP contribution in [-0.4, -0.2) is 18.0 Å². The van der Waals surface area contributed by atoms with Gasteiger partial charge >= 0.3 is 0 Å². The van der Waals surface area contributed by atoms with Crippen molar-refractivity contribution in [2.24, 2.45) is 0 Å². The summed E-state index contributed by atoms with van der Waals surface area (Å²) in [5.74, 6) is 0. The number of benzene rings is 1. The summed E-state index contributed by atoms with van der Waals surface area (Å²) >= 11 is 0. The summed E-state index contributed by atoms with van der Waals surface area (Å²) in [5, 5.41) is 13.9. The van der Waals surface area contributed by atoms with E-state index in [9.17, 15) is 10.1 Å². The van der Waals surface area contributed by atoms with Crippen LogP contribution >= 0.6 is 0 Å². The van der Waals surface area contributed by atoms with Crippen LogP contribution in [0.25, 0.3) is 0 Å². The summed E-state index contributed by atoms with van der Waals surface area (Å²) in [5.41, 5.74) is 1.00. The van der Waals surface area contributed by atoms with Crippen LogP contribution in [0.3, 0.4) is 0 Å². The Labute approximate surface area is 82.1 Å². The Morgan fingerprint density at radius 1 is 1.43 bits per heavy atom. The molecule has 0 aliphatic carbocycles. The molecule has 1 saturated heterocycles. The van der Waals surface area contributed by atoms with Gasteiger partial charge in [-0.15, -0.1) is 0 Å². The molecule has 2 rings (SSSR count). The Morgan fingerprint density at radius 2 is 2.07 bits per heavy atom. The molecule has 14 heavy (non-hydrogen) atoms. The third-order valence-electron chi connectivity index (χ3n) is 2.78. The minimum atomic E-state index is -0.307. The van der Waals surface area contributed by atoms with E-state index >= 15 is 0 Å². The summed E-state index contributed by atoms with van der Waals surface area (Å²) in [6, 6.07) is 6.97. The van der Waals surface area contributed by atoms with Gasteiger partial charge in [-0.05, 0) is 0 Å². The maximum absolute atomic E-state index is 10.8. The lowest BCUT2D eigenvalue weighted by molar-refractivity contribution is -0.386. The lowest BCUT2D eigenvalue weighted by Gasteiger charge is -2.39. The highest BCUT2D eigenvalue weighted by molar-refractivity contribution is 5.46. The molecule has 1 aromatic carbocycles. The first kappa shape index (κ1) is 9.15. The standard InChI is InChI=1S/C10H12N2O2/c1-10(6-11-7-10)8-4-2-3-5-9(8)12(13)14/h2-5,11H,6-7H2,1H3. The fourth-order valence-electron chi connectivity index (χ4n) is 1.83. The van der Waals surface area contributed by atoms with Gasteiger partial charge in [-0.3, -0.25) is 10.1 Å². The zero-order valence-electron chi connectivity index (χ0n) is 7.99. The van der Waals surface area contributed by atoms with E-state index in [1.165, 1.54) is 0 Å². The van der Waals surface area contributed by atoms with Crippen molar-refractivity contribution in [3.8, 4) is 0 Å². The van der Waals surface area contributed by atoms with Crippen molar-refractivity contribution in [3.05, 3.63) is 39.9 Å². The molecule has 1 fully saturated rings. The third-order valence-corrected chi connectivity index (χ3v) is 2.78. The smallest absolute Gasteiger partial charge is 0.273 e. The second kappa shape index (κ2) is 3.06. The molecule has 1 aliphatic heterocycles. The molecule has 0 unspecified atom stereocenters. The first-order valence-corrected chi connectivity index (χ1v) is 4.58. The number of nitrogens with one attached hydrogen (secondary N) is 1. The second-order valence-electron chi connectivity index (χ2n) is 3.94. The number of nitro benzene ring substituents is 1. The van der Waals surface area contributed by atoms with Crippen LogP contribution in [0.1, 0.15) is 12.5 Å². The average molecular weight is 192 g/mol. The van der Waals surface area contributed by atoms with Gasteiger partial charge in [0.15, 0.2) is 0 Å². The molecule has 4 nitrogen and oxygen atoms in total. The molecule has 1 N–H and O–H groups in total. The number of hydrogen-bond donors (Lipinski definition) is 1. The van der Waals surface area contributed by atoms with Crippen LogP contribution in [0.15, 0.2) is 24.3 Å². The maximum atomic E-state index is 10.8. The quantitative estimate of drug-likeness (QED) is 0.570. The van der Waals surface area contributed by atoms with E-state index in [2.05, 4.69) is 5.32 Å². The fraction of sp³-hybridized carbons (Fsp3) is 0.400. The summed E-state index contributed by atoms with van der Waals surface area (Å²) in [4.78, 5) is 10.5. The van der Waals surface area contributed by atoms with Crippen LogP contribution in [0.5, 0.6) is 0 Å². The average Bonchev–Trinajstić information content (AvgIpc) is 2.14. The predicted molar refractivity (Wildman–Crippen MR) is 53.3 cm³/mol. The Kier molecular flexibility index (Phi) is 2.00. The van der Waals surface area contributed by atoms with Gasteiger partial charge in [0.05, 0.1) is 4.92 Å². The van der Waals surface area contributed by atoms with E-state index in [-0.39, 0.29) is 16.0 Å². The van der Waals surface area contributed by atoms with Gasteiger partial charge in [0.2, 0.25) is 0 Å². The zero-order chi connectivity index (χ0) is 10.2.